The molecule has 0 saturated carbocycles. The Balaban J connectivity index is 1.16. The first kappa shape index (κ1) is 38.7. The van der Waals surface area contributed by atoms with Gasteiger partial charge in [-0.25, -0.2) is 0 Å². The van der Waals surface area contributed by atoms with Gasteiger partial charge in [0.05, 0.1) is 11.1 Å². The van der Waals surface area contributed by atoms with Gasteiger partial charge in [-0.15, -0.1) is 11.3 Å². The van der Waals surface area contributed by atoms with Gasteiger partial charge in [0.15, 0.2) is 0 Å². The smallest absolute Gasteiger partial charge is 0.0714 e. The molecule has 0 amide bonds. The summed E-state index contributed by atoms with van der Waals surface area (Å²) >= 11 is 1.91. The van der Waals surface area contributed by atoms with Crippen LogP contribution >= 0.6 is 11.3 Å². The zero-order valence-corrected chi connectivity index (χ0v) is 37.7. The molecule has 312 valence electrons. The van der Waals surface area contributed by atoms with E-state index in [0.29, 0.717) is 0 Å². The number of rotatable bonds is 7. The molecular formula is C64H45NS. The highest BCUT2D eigenvalue weighted by molar-refractivity contribution is 7.26. The number of hydrogen-bond donors (Lipinski definition) is 0. The van der Waals surface area contributed by atoms with E-state index in [1.165, 1.54) is 104 Å². The van der Waals surface area contributed by atoms with Crippen molar-refractivity contribution in [3.05, 3.63) is 270 Å². The quantitative estimate of drug-likeness (QED) is 0.154. The maximum Gasteiger partial charge on any atom is 0.0714 e. The molecule has 1 nitrogen and oxygen atoms in total. The summed E-state index contributed by atoms with van der Waals surface area (Å²) in [5.74, 6) is 0. The summed E-state index contributed by atoms with van der Waals surface area (Å²) in [7, 11) is 0. The van der Waals surface area contributed by atoms with Crippen LogP contribution in [0.1, 0.15) is 47.2 Å². The summed E-state index contributed by atoms with van der Waals surface area (Å²) in [6.45, 7) is 4.84. The number of anilines is 3. The Kier molecular flexibility index (Phi) is 8.72. The molecule has 0 fully saturated rings. The predicted molar refractivity (Wildman–Crippen MR) is 280 cm³/mol. The Morgan fingerprint density at radius 2 is 0.909 bits per heavy atom. The van der Waals surface area contributed by atoms with Crippen molar-refractivity contribution in [1.82, 2.24) is 0 Å². The summed E-state index contributed by atoms with van der Waals surface area (Å²) in [6.07, 6.45) is 0. The SMILES string of the molecule is CC1(C)c2ccc(-c3ccccc3)cc2-c2c1cc1sc3ccccc3c1c2N(c1ccc(-c2ccccc2)cc1)c1ccc2c(c1)C(c1ccccc1)(c1ccccc1)c1ccccc1-2. The van der Waals surface area contributed by atoms with Crippen LogP contribution < -0.4 is 4.90 Å². The van der Waals surface area contributed by atoms with Crippen LogP contribution in [0.3, 0.4) is 0 Å². The Bertz CT molecular complexity index is 3600. The second kappa shape index (κ2) is 14.9. The van der Waals surface area contributed by atoms with Gasteiger partial charge in [0.25, 0.3) is 0 Å². The predicted octanol–water partition coefficient (Wildman–Crippen LogP) is 17.5. The third-order valence-corrected chi connectivity index (χ3v) is 15.7. The second-order valence-electron chi connectivity index (χ2n) is 18.4. The summed E-state index contributed by atoms with van der Waals surface area (Å²) in [4.78, 5) is 2.61. The molecule has 0 saturated heterocycles. The molecule has 1 heterocycles. The van der Waals surface area contributed by atoms with Crippen molar-refractivity contribution in [3.63, 3.8) is 0 Å². The summed E-state index contributed by atoms with van der Waals surface area (Å²) < 4.78 is 2.60. The van der Waals surface area contributed by atoms with Crippen LogP contribution in [-0.2, 0) is 10.8 Å². The van der Waals surface area contributed by atoms with Gasteiger partial charge in [0.2, 0.25) is 0 Å². The summed E-state index contributed by atoms with van der Waals surface area (Å²) in [5.41, 5.74) is 20.5. The lowest BCUT2D eigenvalue weighted by Gasteiger charge is -2.35. The maximum atomic E-state index is 2.61. The first-order chi connectivity index (χ1) is 32.5. The van der Waals surface area contributed by atoms with E-state index < -0.39 is 5.41 Å². The maximum absolute atomic E-state index is 2.61. The van der Waals surface area contributed by atoms with Crippen LogP contribution in [0.2, 0.25) is 0 Å². The van der Waals surface area contributed by atoms with E-state index in [1.54, 1.807) is 0 Å². The van der Waals surface area contributed by atoms with Crippen LogP contribution in [0.15, 0.2) is 237 Å². The Hall–Kier alpha value is -7.78. The molecular weight excluding hydrogens is 815 g/mol. The van der Waals surface area contributed by atoms with Crippen molar-refractivity contribution in [1.29, 1.82) is 0 Å². The molecule has 0 aliphatic heterocycles. The molecule has 13 rings (SSSR count). The number of thiophene rings is 1. The van der Waals surface area contributed by atoms with Crippen LogP contribution in [0.25, 0.3) is 64.7 Å². The molecule has 2 heteroatoms. The minimum Gasteiger partial charge on any atom is -0.309 e. The standard InChI is InChI=1S/C64H45NS/c1-63(2)54-38-33-45(43-21-9-4-10-22-43)39-53(54)60-57(63)41-59-61(52-28-16-18-30-58(52)66-59)62(60)65(48-34-31-44(32-35-48)42-19-7-3-8-20-42)49-36-37-51-50-27-15-17-29-55(50)64(56(51)40-49,46-23-11-5-12-24-46)47-25-13-6-14-26-47/h3-41H,1-2H3. The van der Waals surface area contributed by atoms with Gasteiger partial charge in [-0.05, 0) is 115 Å². The summed E-state index contributed by atoms with van der Waals surface area (Å²) in [6, 6.07) is 88.3. The largest absolute Gasteiger partial charge is 0.309 e. The number of benzene rings is 10. The zero-order chi connectivity index (χ0) is 44.0. The van der Waals surface area contributed by atoms with E-state index in [1.807, 2.05) is 11.3 Å². The minimum atomic E-state index is -0.546. The van der Waals surface area contributed by atoms with Gasteiger partial charge in [0.1, 0.15) is 0 Å². The topological polar surface area (TPSA) is 3.24 Å². The van der Waals surface area contributed by atoms with Crippen LogP contribution in [0.5, 0.6) is 0 Å². The van der Waals surface area contributed by atoms with E-state index in [9.17, 15) is 0 Å². The van der Waals surface area contributed by atoms with E-state index in [4.69, 9.17) is 0 Å². The van der Waals surface area contributed by atoms with Gasteiger partial charge >= 0.3 is 0 Å². The molecule has 0 spiro atoms. The lowest BCUT2D eigenvalue weighted by Crippen LogP contribution is -2.28. The fourth-order valence-electron chi connectivity index (χ4n) is 11.5. The van der Waals surface area contributed by atoms with Crippen molar-refractivity contribution >= 4 is 48.6 Å². The normalized spacial score (nSPS) is 13.8. The van der Waals surface area contributed by atoms with Crippen molar-refractivity contribution in [2.45, 2.75) is 24.7 Å². The summed E-state index contributed by atoms with van der Waals surface area (Å²) in [5, 5.41) is 2.57. The highest BCUT2D eigenvalue weighted by Crippen LogP contribution is 2.61. The molecule has 2 aliphatic rings. The lowest BCUT2D eigenvalue weighted by molar-refractivity contribution is 0.661. The number of hydrogen-bond acceptors (Lipinski definition) is 2. The van der Waals surface area contributed by atoms with Crippen molar-refractivity contribution in [2.24, 2.45) is 0 Å². The average molecular weight is 860 g/mol. The molecule has 0 atom stereocenters. The second-order valence-corrected chi connectivity index (χ2v) is 19.5. The molecule has 0 bridgehead atoms. The van der Waals surface area contributed by atoms with E-state index in [-0.39, 0.29) is 5.41 Å². The fraction of sp³-hybridized carbons (Fsp3) is 0.0625. The molecule has 2 aliphatic carbocycles. The van der Waals surface area contributed by atoms with Gasteiger partial charge in [-0.2, -0.15) is 0 Å². The zero-order valence-electron chi connectivity index (χ0n) is 36.9. The van der Waals surface area contributed by atoms with E-state index in [2.05, 4.69) is 255 Å². The molecule has 10 aromatic carbocycles. The first-order valence-corrected chi connectivity index (χ1v) is 23.8. The van der Waals surface area contributed by atoms with Gasteiger partial charge in [0, 0.05) is 42.5 Å². The Morgan fingerprint density at radius 3 is 1.61 bits per heavy atom. The van der Waals surface area contributed by atoms with Crippen LogP contribution in [0, 0.1) is 0 Å². The van der Waals surface area contributed by atoms with Crippen LogP contribution in [0.4, 0.5) is 17.1 Å². The molecule has 0 N–H and O–H groups in total. The Morgan fingerprint density at radius 1 is 0.364 bits per heavy atom. The Labute approximate surface area is 390 Å². The molecule has 0 radical (unpaired) electrons. The first-order valence-electron chi connectivity index (χ1n) is 23.0. The monoisotopic (exact) mass is 859 g/mol. The van der Waals surface area contributed by atoms with E-state index in [0.717, 1.165) is 11.4 Å². The van der Waals surface area contributed by atoms with Crippen LogP contribution in [-0.4, -0.2) is 0 Å². The van der Waals surface area contributed by atoms with Gasteiger partial charge in [-0.1, -0.05) is 208 Å². The highest BCUT2D eigenvalue weighted by Gasteiger charge is 2.47. The highest BCUT2D eigenvalue weighted by atomic mass is 32.1. The molecule has 0 unspecified atom stereocenters. The molecule has 66 heavy (non-hydrogen) atoms. The lowest BCUT2D eigenvalue weighted by atomic mass is 9.67. The van der Waals surface area contributed by atoms with Gasteiger partial charge in [-0.3, -0.25) is 0 Å². The number of nitrogens with zero attached hydrogens (tertiary/aromatic N) is 1. The van der Waals surface area contributed by atoms with Crippen molar-refractivity contribution in [3.8, 4) is 44.5 Å². The minimum absolute atomic E-state index is 0.239. The number of fused-ring (bicyclic) bond motifs is 9. The fourth-order valence-corrected chi connectivity index (χ4v) is 12.7. The van der Waals surface area contributed by atoms with Gasteiger partial charge < -0.3 is 4.90 Å². The third-order valence-electron chi connectivity index (χ3n) is 14.5. The molecule has 11 aromatic rings. The average Bonchev–Trinajstić information content (AvgIpc) is 3.98. The third kappa shape index (κ3) is 5.65. The van der Waals surface area contributed by atoms with Crippen molar-refractivity contribution < 1.29 is 0 Å². The van der Waals surface area contributed by atoms with Crippen molar-refractivity contribution in [2.75, 3.05) is 4.90 Å². The van der Waals surface area contributed by atoms with E-state index >= 15 is 0 Å². The molecule has 1 aromatic heterocycles.